The van der Waals surface area contributed by atoms with Crippen LogP contribution in [0, 0.1) is 11.8 Å². The van der Waals surface area contributed by atoms with Gasteiger partial charge in [-0.3, -0.25) is 9.69 Å². The molecule has 0 aromatic heterocycles. The molecule has 3 fully saturated rings. The molecule has 2 aliphatic heterocycles. The average Bonchev–Trinajstić information content (AvgIpc) is 3.10. The van der Waals surface area contributed by atoms with Crippen LogP contribution < -0.4 is 4.74 Å². The molecule has 1 aliphatic carbocycles. The van der Waals surface area contributed by atoms with Crippen molar-refractivity contribution >= 4 is 16.7 Å². The van der Waals surface area contributed by atoms with E-state index in [1.165, 1.54) is 6.07 Å². The summed E-state index contributed by atoms with van der Waals surface area (Å²) in [6, 6.07) is 7.84. The van der Waals surface area contributed by atoms with E-state index in [9.17, 15) is 36.2 Å². The second kappa shape index (κ2) is 11.6. The highest BCUT2D eigenvalue weighted by molar-refractivity contribution is 5.91. The number of halogens is 6. The van der Waals surface area contributed by atoms with Crippen molar-refractivity contribution in [3.05, 3.63) is 41.5 Å². The quantitative estimate of drug-likeness (QED) is 0.375. The molecule has 216 valence electrons. The Hall–Kier alpha value is -2.49. The number of rotatable bonds is 5. The molecule has 2 aromatic carbocycles. The van der Waals surface area contributed by atoms with E-state index < -0.39 is 41.8 Å². The number of piperidine rings is 1. The molecule has 2 saturated heterocycles. The second-order valence-electron chi connectivity index (χ2n) is 10.6. The number of benzene rings is 2. The van der Waals surface area contributed by atoms with Crippen molar-refractivity contribution in [3.63, 3.8) is 0 Å². The smallest absolute Gasteiger partial charge is 0.420 e. The van der Waals surface area contributed by atoms with Crippen LogP contribution in [0.3, 0.4) is 0 Å². The summed E-state index contributed by atoms with van der Waals surface area (Å²) in [5.74, 6) is -3.06. The van der Waals surface area contributed by atoms with Crippen LogP contribution in [-0.4, -0.2) is 40.3 Å². The van der Waals surface area contributed by atoms with Crippen LogP contribution in [0.4, 0.5) is 26.3 Å². The molecule has 2 heterocycles. The highest BCUT2D eigenvalue weighted by atomic mass is 19.4. The molecule has 2 aromatic rings. The highest BCUT2D eigenvalue weighted by Crippen LogP contribution is 2.46. The Kier molecular flexibility index (Phi) is 8.73. The number of carboxylic acids is 1. The summed E-state index contributed by atoms with van der Waals surface area (Å²) in [7, 11) is 0. The molecule has 3 aliphatic rings. The second-order valence-corrected chi connectivity index (χ2v) is 10.6. The molecule has 10 heteroatoms. The van der Waals surface area contributed by atoms with Gasteiger partial charge in [0.05, 0.1) is 17.9 Å². The third-order valence-corrected chi connectivity index (χ3v) is 8.39. The maximum absolute atomic E-state index is 14.5. The molecule has 1 saturated carbocycles. The lowest BCUT2D eigenvalue weighted by Crippen LogP contribution is -2.44. The summed E-state index contributed by atoms with van der Waals surface area (Å²) >= 11 is 0. The molecular weight excluding hydrogens is 524 g/mol. The molecule has 4 nitrogen and oxygen atoms in total. The lowest BCUT2D eigenvalue weighted by molar-refractivity contribution is -0.185. The van der Waals surface area contributed by atoms with Crippen LogP contribution in [0.2, 0.25) is 0 Å². The Morgan fingerprint density at radius 1 is 0.923 bits per heavy atom. The zero-order valence-corrected chi connectivity index (χ0v) is 22.1. The number of alkyl halides is 6. The largest absolute Gasteiger partial charge is 0.490 e. The zero-order valence-electron chi connectivity index (χ0n) is 22.1. The van der Waals surface area contributed by atoms with Crippen molar-refractivity contribution in [2.24, 2.45) is 11.8 Å². The van der Waals surface area contributed by atoms with Crippen LogP contribution in [-0.2, 0) is 17.5 Å². The minimum Gasteiger partial charge on any atom is -0.490 e. The Morgan fingerprint density at radius 3 is 2.08 bits per heavy atom. The van der Waals surface area contributed by atoms with Crippen LogP contribution in [0.25, 0.3) is 10.8 Å². The van der Waals surface area contributed by atoms with E-state index in [1.807, 2.05) is 13.8 Å². The maximum atomic E-state index is 14.5. The van der Waals surface area contributed by atoms with Gasteiger partial charge in [-0.15, -0.1) is 0 Å². The Morgan fingerprint density at radius 2 is 1.54 bits per heavy atom. The molecule has 1 N–H and O–H groups in total. The van der Waals surface area contributed by atoms with Crippen molar-refractivity contribution in [1.82, 2.24) is 4.90 Å². The summed E-state index contributed by atoms with van der Waals surface area (Å²) in [6.45, 7) is 4.27. The number of carbonyl (C=O) groups is 1. The van der Waals surface area contributed by atoms with Gasteiger partial charge >= 0.3 is 18.3 Å². The van der Waals surface area contributed by atoms with Crippen molar-refractivity contribution in [2.75, 3.05) is 0 Å². The molecule has 2 unspecified atom stereocenters. The predicted octanol–water partition coefficient (Wildman–Crippen LogP) is 8.21. The zero-order chi connectivity index (χ0) is 28.5. The SMILES string of the molecule is CC.O=C(O)C1CC2CCC(C1)N2Cc1cccc2ccc(OC3CCC(C(F)(F)F)CC3)c(C(F)(F)F)c12. The first-order valence-electron chi connectivity index (χ1n) is 13.8. The molecule has 0 amide bonds. The fraction of sp³-hybridized carbons (Fsp3) is 0.621. The summed E-state index contributed by atoms with van der Waals surface area (Å²) in [5, 5.41) is 9.90. The highest BCUT2D eigenvalue weighted by Gasteiger charge is 2.45. The van der Waals surface area contributed by atoms with Gasteiger partial charge in [0.1, 0.15) is 11.3 Å². The van der Waals surface area contributed by atoms with E-state index in [0.717, 1.165) is 12.8 Å². The van der Waals surface area contributed by atoms with Crippen molar-refractivity contribution in [3.8, 4) is 5.75 Å². The van der Waals surface area contributed by atoms with Crippen molar-refractivity contribution in [2.45, 2.75) is 102 Å². The number of aliphatic carboxylic acids is 1. The van der Waals surface area contributed by atoms with Gasteiger partial charge in [-0.05, 0) is 68.4 Å². The third-order valence-electron chi connectivity index (χ3n) is 8.39. The lowest BCUT2D eigenvalue weighted by atomic mass is 9.87. The minimum atomic E-state index is -4.73. The number of nitrogens with zero attached hydrogens (tertiary/aromatic N) is 1. The molecular formula is C29H35F6NO3. The van der Waals surface area contributed by atoms with Crippen molar-refractivity contribution in [1.29, 1.82) is 0 Å². The molecule has 2 bridgehead atoms. The van der Waals surface area contributed by atoms with Gasteiger partial charge in [0.15, 0.2) is 0 Å². The van der Waals surface area contributed by atoms with E-state index in [1.54, 1.807) is 24.3 Å². The van der Waals surface area contributed by atoms with Crippen LogP contribution in [0.15, 0.2) is 30.3 Å². The van der Waals surface area contributed by atoms with Gasteiger partial charge in [0, 0.05) is 24.0 Å². The first kappa shape index (κ1) is 29.5. The Balaban J connectivity index is 0.00000172. The normalized spacial score (nSPS) is 27.6. The van der Waals surface area contributed by atoms with Gasteiger partial charge in [0.2, 0.25) is 0 Å². The first-order valence-corrected chi connectivity index (χ1v) is 13.8. The van der Waals surface area contributed by atoms with E-state index >= 15 is 0 Å². The molecule has 5 rings (SSSR count). The Labute approximate surface area is 224 Å². The third kappa shape index (κ3) is 6.31. The summed E-state index contributed by atoms with van der Waals surface area (Å²) < 4.78 is 88.4. The summed E-state index contributed by atoms with van der Waals surface area (Å²) in [6.07, 6.45) is -7.38. The number of ether oxygens (including phenoxy) is 1. The first-order chi connectivity index (χ1) is 18.4. The van der Waals surface area contributed by atoms with Gasteiger partial charge in [-0.1, -0.05) is 38.1 Å². The predicted molar refractivity (Wildman–Crippen MR) is 135 cm³/mol. The topological polar surface area (TPSA) is 49.8 Å². The molecule has 2 atom stereocenters. The van der Waals surface area contributed by atoms with Crippen LogP contribution >= 0.6 is 0 Å². The molecule has 0 spiro atoms. The van der Waals surface area contributed by atoms with E-state index in [4.69, 9.17) is 4.74 Å². The maximum Gasteiger partial charge on any atom is 0.420 e. The number of carboxylic acid groups (broad SMARTS) is 1. The lowest BCUT2D eigenvalue weighted by Gasteiger charge is -2.38. The fourth-order valence-electron chi connectivity index (χ4n) is 6.57. The summed E-state index contributed by atoms with van der Waals surface area (Å²) in [5.41, 5.74) is -0.409. The van der Waals surface area contributed by atoms with Crippen molar-refractivity contribution < 1.29 is 41.0 Å². The van der Waals surface area contributed by atoms with Gasteiger partial charge in [-0.25, -0.2) is 0 Å². The standard InChI is InChI=1S/C27H29F6NO3.C2H6/c28-26(29,30)18-5-9-21(10-6-18)37-22-11-4-15-2-1-3-16(23(15)24(22)27(31,32)33)14-34-19-7-8-20(34)13-17(12-19)25(35)36;1-2/h1-4,11,17-21H,5-10,12-14H2,(H,35,36);1-2H3. The monoisotopic (exact) mass is 559 g/mol. The van der Waals surface area contributed by atoms with E-state index in [2.05, 4.69) is 4.90 Å². The van der Waals surface area contributed by atoms with E-state index in [0.29, 0.717) is 23.8 Å². The van der Waals surface area contributed by atoms with E-state index in [-0.39, 0.29) is 55.4 Å². The molecule has 39 heavy (non-hydrogen) atoms. The van der Waals surface area contributed by atoms with Gasteiger partial charge < -0.3 is 9.84 Å². The van der Waals surface area contributed by atoms with Crippen LogP contribution in [0.5, 0.6) is 5.75 Å². The number of hydrogen-bond donors (Lipinski definition) is 1. The van der Waals surface area contributed by atoms with Gasteiger partial charge in [0.25, 0.3) is 0 Å². The molecule has 0 radical (unpaired) electrons. The van der Waals surface area contributed by atoms with Gasteiger partial charge in [-0.2, -0.15) is 26.3 Å². The fourth-order valence-corrected chi connectivity index (χ4v) is 6.57. The summed E-state index contributed by atoms with van der Waals surface area (Å²) in [4.78, 5) is 13.7. The van der Waals surface area contributed by atoms with Crippen LogP contribution in [0.1, 0.15) is 76.3 Å². The average molecular weight is 560 g/mol. The number of hydrogen-bond acceptors (Lipinski definition) is 3. The minimum absolute atomic E-state index is 0.00712. The Bertz CT molecular complexity index is 1140. The number of fused-ring (bicyclic) bond motifs is 3.